The molecule has 1 heterocycles. The maximum absolute atomic E-state index is 12.2. The largest absolute Gasteiger partial charge is 0.457 e. The van der Waals surface area contributed by atoms with Crippen molar-refractivity contribution >= 4 is 11.8 Å². The number of Topliss-reactive ketones (excluding diaryl/α,β-unsaturated/α-hetero) is 1. The second-order valence-corrected chi connectivity index (χ2v) is 5.95. The van der Waals surface area contributed by atoms with Gasteiger partial charge in [-0.1, -0.05) is 13.0 Å². The van der Waals surface area contributed by atoms with E-state index in [4.69, 9.17) is 4.74 Å². The summed E-state index contributed by atoms with van der Waals surface area (Å²) >= 11 is 0. The molecule has 18 heavy (non-hydrogen) atoms. The topological polar surface area (TPSA) is 83.8 Å². The second kappa shape index (κ2) is 2.86. The van der Waals surface area contributed by atoms with Crippen molar-refractivity contribution in [3.05, 3.63) is 11.6 Å². The molecule has 2 N–H and O–H groups in total. The van der Waals surface area contributed by atoms with Gasteiger partial charge in [0, 0.05) is 11.8 Å². The Labute approximate surface area is 104 Å². The molecule has 0 aromatic carbocycles. The van der Waals surface area contributed by atoms with Crippen molar-refractivity contribution in [3.63, 3.8) is 0 Å². The van der Waals surface area contributed by atoms with Gasteiger partial charge in [0.25, 0.3) is 0 Å². The number of hydrogen-bond donors (Lipinski definition) is 2. The first-order valence-corrected chi connectivity index (χ1v) is 6.09. The summed E-state index contributed by atoms with van der Waals surface area (Å²) in [7, 11) is 0. The van der Waals surface area contributed by atoms with Crippen molar-refractivity contribution in [1.82, 2.24) is 0 Å². The molecule has 1 aliphatic heterocycles. The quantitative estimate of drug-likeness (QED) is 0.590. The lowest BCUT2D eigenvalue weighted by Gasteiger charge is -2.47. The lowest BCUT2D eigenvalue weighted by molar-refractivity contribution is -0.203. The zero-order valence-electron chi connectivity index (χ0n) is 10.6. The van der Waals surface area contributed by atoms with Gasteiger partial charge in [-0.15, -0.1) is 0 Å². The summed E-state index contributed by atoms with van der Waals surface area (Å²) in [6.07, 6.45) is 1.99. The normalized spacial score (nSPS) is 54.2. The number of carbonyl (C=O) groups is 2. The van der Waals surface area contributed by atoms with Crippen molar-refractivity contribution in [1.29, 1.82) is 0 Å². The Kier molecular flexibility index (Phi) is 1.88. The van der Waals surface area contributed by atoms with Crippen LogP contribution in [0.4, 0.5) is 0 Å². The van der Waals surface area contributed by atoms with Crippen LogP contribution in [0.5, 0.6) is 0 Å². The molecule has 0 aromatic rings. The lowest BCUT2D eigenvalue weighted by atomic mass is 9.58. The van der Waals surface area contributed by atoms with E-state index >= 15 is 0 Å². The van der Waals surface area contributed by atoms with E-state index in [1.165, 1.54) is 0 Å². The number of esters is 1. The average molecular weight is 252 g/mol. The Morgan fingerprint density at radius 2 is 1.94 bits per heavy atom. The van der Waals surface area contributed by atoms with Gasteiger partial charge < -0.3 is 14.9 Å². The van der Waals surface area contributed by atoms with E-state index in [1.54, 1.807) is 26.8 Å². The predicted octanol–water partition coefficient (Wildman–Crippen LogP) is -0.0509. The fourth-order valence-corrected chi connectivity index (χ4v) is 3.77. The monoisotopic (exact) mass is 252 g/mol. The van der Waals surface area contributed by atoms with Crippen molar-refractivity contribution in [2.75, 3.05) is 0 Å². The number of aliphatic hydroxyl groups is 2. The van der Waals surface area contributed by atoms with Crippen LogP contribution in [-0.2, 0) is 14.3 Å². The summed E-state index contributed by atoms with van der Waals surface area (Å²) in [5.74, 6) is -2.65. The highest BCUT2D eigenvalue weighted by molar-refractivity contribution is 6.09. The molecule has 1 saturated heterocycles. The fourth-order valence-electron chi connectivity index (χ4n) is 3.77. The molecule has 2 bridgehead atoms. The Morgan fingerprint density at radius 3 is 2.56 bits per heavy atom. The molecule has 3 aliphatic rings. The molecule has 2 fully saturated rings. The molecule has 98 valence electrons. The number of ether oxygens (including phenoxy) is 1. The van der Waals surface area contributed by atoms with Crippen LogP contribution in [0.3, 0.4) is 0 Å². The van der Waals surface area contributed by atoms with E-state index in [-0.39, 0.29) is 0 Å². The molecule has 0 amide bonds. The third-order valence-corrected chi connectivity index (χ3v) is 5.08. The summed E-state index contributed by atoms with van der Waals surface area (Å²) in [6, 6.07) is 0. The second-order valence-electron chi connectivity index (χ2n) is 5.95. The highest BCUT2D eigenvalue weighted by Gasteiger charge is 2.78. The number of rotatable bonds is 0. The maximum atomic E-state index is 12.2. The van der Waals surface area contributed by atoms with Gasteiger partial charge in [-0.2, -0.15) is 0 Å². The predicted molar refractivity (Wildman–Crippen MR) is 60.4 cm³/mol. The van der Waals surface area contributed by atoms with E-state index in [2.05, 4.69) is 0 Å². The van der Waals surface area contributed by atoms with Crippen LogP contribution in [0.1, 0.15) is 27.2 Å². The molecule has 5 atom stereocenters. The summed E-state index contributed by atoms with van der Waals surface area (Å²) in [5, 5.41) is 21.4. The van der Waals surface area contributed by atoms with Gasteiger partial charge in [-0.25, -0.2) is 4.79 Å². The summed E-state index contributed by atoms with van der Waals surface area (Å²) in [4.78, 5) is 24.1. The van der Waals surface area contributed by atoms with Crippen LogP contribution >= 0.6 is 0 Å². The fraction of sp³-hybridized carbons (Fsp3) is 0.692. The molecular formula is C13H16O5. The van der Waals surface area contributed by atoms with Gasteiger partial charge in [0.2, 0.25) is 5.60 Å². The SMILES string of the molecule is CC1=C[C@@H]2C[C@]3(C)OC(=O)[C@@](O)([C@@H]3C)[C@]2(O)C1=O. The van der Waals surface area contributed by atoms with Crippen LogP contribution in [0.2, 0.25) is 0 Å². The number of carbonyl (C=O) groups excluding carboxylic acids is 2. The summed E-state index contributed by atoms with van der Waals surface area (Å²) in [5.41, 5.74) is -4.64. The molecule has 0 aromatic heterocycles. The zero-order valence-corrected chi connectivity index (χ0v) is 10.6. The smallest absolute Gasteiger partial charge is 0.342 e. The minimum Gasteiger partial charge on any atom is -0.457 e. The van der Waals surface area contributed by atoms with Gasteiger partial charge in [-0.05, 0) is 25.8 Å². The first kappa shape index (κ1) is 11.9. The number of hydrogen-bond acceptors (Lipinski definition) is 5. The van der Waals surface area contributed by atoms with Gasteiger partial charge >= 0.3 is 5.97 Å². The van der Waals surface area contributed by atoms with Gasteiger partial charge in [-0.3, -0.25) is 4.79 Å². The van der Waals surface area contributed by atoms with Crippen LogP contribution in [-0.4, -0.2) is 38.8 Å². The van der Waals surface area contributed by atoms with Gasteiger partial charge in [0.05, 0.1) is 0 Å². The van der Waals surface area contributed by atoms with Gasteiger partial charge in [0.15, 0.2) is 11.4 Å². The molecule has 0 spiro atoms. The molecule has 3 rings (SSSR count). The molecular weight excluding hydrogens is 236 g/mol. The average Bonchev–Trinajstić information content (AvgIpc) is 2.58. The summed E-state index contributed by atoms with van der Waals surface area (Å²) < 4.78 is 5.24. The van der Waals surface area contributed by atoms with Crippen molar-refractivity contribution in [3.8, 4) is 0 Å². The highest BCUT2D eigenvalue weighted by atomic mass is 16.6. The summed E-state index contributed by atoms with van der Waals surface area (Å²) in [6.45, 7) is 4.97. The van der Waals surface area contributed by atoms with E-state index in [0.29, 0.717) is 12.0 Å². The number of ketones is 1. The van der Waals surface area contributed by atoms with Crippen molar-refractivity contribution < 1.29 is 24.5 Å². The minimum absolute atomic E-state index is 0.349. The van der Waals surface area contributed by atoms with Crippen LogP contribution in [0.25, 0.3) is 0 Å². The maximum Gasteiger partial charge on any atom is 0.342 e. The standard InChI is InChI=1S/C13H16O5/c1-6-4-8-5-11(3)7(2)12(16,10(15)18-11)13(8,17)9(6)14/h4,7-8,16-17H,5H2,1-3H3/t7-,8-,11+,12+,13-/m1/s1. The molecule has 0 radical (unpaired) electrons. The minimum atomic E-state index is -2.14. The molecule has 1 saturated carbocycles. The third kappa shape index (κ3) is 0.905. The highest BCUT2D eigenvalue weighted by Crippen LogP contribution is 2.59. The van der Waals surface area contributed by atoms with Crippen LogP contribution in [0, 0.1) is 11.8 Å². The van der Waals surface area contributed by atoms with Crippen LogP contribution < -0.4 is 0 Å². The first-order chi connectivity index (χ1) is 8.18. The van der Waals surface area contributed by atoms with E-state index < -0.39 is 40.4 Å². The Balaban J connectivity index is 2.25. The molecule has 5 nitrogen and oxygen atoms in total. The first-order valence-electron chi connectivity index (χ1n) is 6.09. The number of fused-ring (bicyclic) bond motifs is 4. The van der Waals surface area contributed by atoms with E-state index in [1.807, 2.05) is 0 Å². The Morgan fingerprint density at radius 1 is 1.33 bits per heavy atom. The van der Waals surface area contributed by atoms with Crippen molar-refractivity contribution in [2.24, 2.45) is 11.8 Å². The molecule has 0 unspecified atom stereocenters. The van der Waals surface area contributed by atoms with E-state index in [0.717, 1.165) is 0 Å². The molecule has 5 heteroatoms. The van der Waals surface area contributed by atoms with Crippen LogP contribution in [0.15, 0.2) is 11.6 Å². The third-order valence-electron chi connectivity index (χ3n) is 5.08. The Hall–Kier alpha value is -1.20. The Bertz CT molecular complexity index is 508. The zero-order chi connectivity index (χ0) is 13.5. The lowest BCUT2D eigenvalue weighted by Crippen LogP contribution is -2.70. The van der Waals surface area contributed by atoms with Crippen molar-refractivity contribution in [2.45, 2.75) is 44.0 Å². The van der Waals surface area contributed by atoms with Gasteiger partial charge in [0.1, 0.15) is 5.60 Å². The molecule has 2 aliphatic carbocycles. The van der Waals surface area contributed by atoms with E-state index in [9.17, 15) is 19.8 Å².